The quantitative estimate of drug-likeness (QED) is 0.856. The Labute approximate surface area is 138 Å². The molecule has 1 heterocycles. The average molecular weight is 371 g/mol. The number of halogens is 2. The number of rotatable bonds is 4. The van der Waals surface area contributed by atoms with Crippen LogP contribution < -0.4 is 10.1 Å². The van der Waals surface area contributed by atoms with E-state index in [-0.39, 0.29) is 5.54 Å². The van der Waals surface area contributed by atoms with E-state index in [2.05, 4.69) is 52.0 Å². The molecule has 0 fully saturated rings. The zero-order valence-electron chi connectivity index (χ0n) is 12.2. The van der Waals surface area contributed by atoms with E-state index in [1.807, 2.05) is 6.07 Å². The maximum Gasteiger partial charge on any atom is 0.237 e. The van der Waals surface area contributed by atoms with Crippen LogP contribution in [0.4, 0.5) is 0 Å². The predicted molar refractivity (Wildman–Crippen MR) is 87.9 cm³/mol. The van der Waals surface area contributed by atoms with E-state index < -0.39 is 0 Å². The van der Waals surface area contributed by atoms with Gasteiger partial charge in [-0.3, -0.25) is 4.98 Å². The second-order valence-electron chi connectivity index (χ2n) is 5.63. The molecule has 2 rings (SSSR count). The second-order valence-corrected chi connectivity index (χ2v) is 6.95. The number of hydrogen-bond donors (Lipinski definition) is 1. The van der Waals surface area contributed by atoms with Gasteiger partial charge in [-0.1, -0.05) is 27.5 Å². The van der Waals surface area contributed by atoms with Crippen molar-refractivity contribution in [2.24, 2.45) is 0 Å². The topological polar surface area (TPSA) is 47.0 Å². The minimum atomic E-state index is 0.0435. The SMILES string of the molecule is CC(C)(C)NCc1cnc(Oc2ccc(Br)cc2Cl)cn1. The van der Waals surface area contributed by atoms with E-state index in [1.165, 1.54) is 0 Å². The first-order chi connectivity index (χ1) is 9.83. The number of nitrogens with one attached hydrogen (secondary N) is 1. The predicted octanol–water partition coefficient (Wildman–Crippen LogP) is 4.57. The second kappa shape index (κ2) is 6.73. The van der Waals surface area contributed by atoms with Crippen molar-refractivity contribution in [3.8, 4) is 11.6 Å². The molecule has 0 aliphatic heterocycles. The molecule has 1 aromatic carbocycles. The molecule has 0 atom stereocenters. The smallest absolute Gasteiger partial charge is 0.237 e. The molecule has 0 saturated carbocycles. The fourth-order valence-corrected chi connectivity index (χ4v) is 2.23. The minimum Gasteiger partial charge on any atom is -0.436 e. The van der Waals surface area contributed by atoms with Gasteiger partial charge in [0.15, 0.2) is 0 Å². The Morgan fingerprint density at radius 2 is 2.00 bits per heavy atom. The Balaban J connectivity index is 2.02. The molecule has 0 aliphatic rings. The van der Waals surface area contributed by atoms with E-state index in [9.17, 15) is 0 Å². The summed E-state index contributed by atoms with van der Waals surface area (Å²) in [7, 11) is 0. The highest BCUT2D eigenvalue weighted by Gasteiger charge is 2.10. The van der Waals surface area contributed by atoms with Crippen molar-refractivity contribution in [2.45, 2.75) is 32.9 Å². The van der Waals surface area contributed by atoms with Crippen molar-refractivity contribution in [2.75, 3.05) is 0 Å². The Bertz CT molecular complexity index is 611. The van der Waals surface area contributed by atoms with Gasteiger partial charge in [0.05, 0.1) is 23.1 Å². The summed E-state index contributed by atoms with van der Waals surface area (Å²) in [6, 6.07) is 5.41. The van der Waals surface area contributed by atoms with E-state index in [1.54, 1.807) is 24.5 Å². The van der Waals surface area contributed by atoms with Crippen LogP contribution in [0, 0.1) is 0 Å². The van der Waals surface area contributed by atoms with Crippen molar-refractivity contribution < 1.29 is 4.74 Å². The molecule has 6 heteroatoms. The summed E-state index contributed by atoms with van der Waals surface area (Å²) in [5.74, 6) is 0.966. The van der Waals surface area contributed by atoms with Gasteiger partial charge in [-0.25, -0.2) is 4.98 Å². The first-order valence-electron chi connectivity index (χ1n) is 6.52. The van der Waals surface area contributed by atoms with Gasteiger partial charge in [0.25, 0.3) is 0 Å². The molecule has 0 amide bonds. The van der Waals surface area contributed by atoms with E-state index >= 15 is 0 Å². The Hall–Kier alpha value is -1.17. The molecule has 0 bridgehead atoms. The van der Waals surface area contributed by atoms with E-state index in [4.69, 9.17) is 16.3 Å². The van der Waals surface area contributed by atoms with Gasteiger partial charge in [-0.05, 0) is 39.0 Å². The molecule has 0 saturated heterocycles. The van der Waals surface area contributed by atoms with Crippen LogP contribution >= 0.6 is 27.5 Å². The summed E-state index contributed by atoms with van der Waals surface area (Å²) in [5, 5.41) is 3.87. The van der Waals surface area contributed by atoms with Gasteiger partial charge in [0.2, 0.25) is 5.88 Å². The molecule has 0 radical (unpaired) electrons. The van der Waals surface area contributed by atoms with E-state index in [0.717, 1.165) is 10.2 Å². The third kappa shape index (κ3) is 5.26. The normalized spacial score (nSPS) is 11.5. The van der Waals surface area contributed by atoms with Crippen molar-refractivity contribution in [3.05, 3.63) is 45.8 Å². The van der Waals surface area contributed by atoms with Crippen LogP contribution in [0.1, 0.15) is 26.5 Å². The lowest BCUT2D eigenvalue weighted by atomic mass is 10.1. The first-order valence-corrected chi connectivity index (χ1v) is 7.69. The molecule has 21 heavy (non-hydrogen) atoms. The van der Waals surface area contributed by atoms with Gasteiger partial charge in [-0.15, -0.1) is 0 Å². The summed E-state index contributed by atoms with van der Waals surface area (Å²) in [6.45, 7) is 6.98. The van der Waals surface area contributed by atoms with Gasteiger partial charge < -0.3 is 10.1 Å². The lowest BCUT2D eigenvalue weighted by Crippen LogP contribution is -2.35. The molecule has 0 spiro atoms. The summed E-state index contributed by atoms with van der Waals surface area (Å²) in [5.41, 5.74) is 0.904. The summed E-state index contributed by atoms with van der Waals surface area (Å²) >= 11 is 9.45. The van der Waals surface area contributed by atoms with Crippen molar-refractivity contribution in [3.63, 3.8) is 0 Å². The zero-order chi connectivity index (χ0) is 15.5. The van der Waals surface area contributed by atoms with Crippen LogP contribution in [0.2, 0.25) is 5.02 Å². The third-order valence-electron chi connectivity index (χ3n) is 2.59. The lowest BCUT2D eigenvalue weighted by molar-refractivity contribution is 0.418. The van der Waals surface area contributed by atoms with Gasteiger partial charge in [0.1, 0.15) is 5.75 Å². The maximum absolute atomic E-state index is 6.10. The molecule has 2 aromatic rings. The molecule has 1 N–H and O–H groups in total. The molecular formula is C15H17BrClN3O. The van der Waals surface area contributed by atoms with Gasteiger partial charge in [0, 0.05) is 16.6 Å². The molecule has 1 aromatic heterocycles. The summed E-state index contributed by atoms with van der Waals surface area (Å²) in [4.78, 5) is 8.57. The summed E-state index contributed by atoms with van der Waals surface area (Å²) in [6.07, 6.45) is 3.29. The van der Waals surface area contributed by atoms with Crippen LogP contribution in [0.5, 0.6) is 11.6 Å². The standard InChI is InChI=1S/C15H17BrClN3O/c1-15(2,3)20-8-11-7-19-14(9-18-11)21-13-5-4-10(16)6-12(13)17/h4-7,9,20H,8H2,1-3H3. The van der Waals surface area contributed by atoms with Crippen LogP contribution in [-0.2, 0) is 6.54 Å². The first kappa shape index (κ1) is 16.2. The fraction of sp³-hybridized carbons (Fsp3) is 0.333. The number of nitrogens with zero attached hydrogens (tertiary/aromatic N) is 2. The van der Waals surface area contributed by atoms with Crippen LogP contribution in [0.25, 0.3) is 0 Å². The largest absolute Gasteiger partial charge is 0.436 e. The van der Waals surface area contributed by atoms with Gasteiger partial charge in [-0.2, -0.15) is 0 Å². The Morgan fingerprint density at radius 3 is 2.57 bits per heavy atom. The molecular weight excluding hydrogens is 354 g/mol. The van der Waals surface area contributed by atoms with Crippen molar-refractivity contribution in [1.82, 2.24) is 15.3 Å². The van der Waals surface area contributed by atoms with Crippen LogP contribution in [0.3, 0.4) is 0 Å². The number of benzene rings is 1. The molecule has 112 valence electrons. The van der Waals surface area contributed by atoms with Gasteiger partial charge >= 0.3 is 0 Å². The fourth-order valence-electron chi connectivity index (χ4n) is 1.51. The third-order valence-corrected chi connectivity index (χ3v) is 3.38. The monoisotopic (exact) mass is 369 g/mol. The summed E-state index contributed by atoms with van der Waals surface area (Å²) < 4.78 is 6.52. The Morgan fingerprint density at radius 1 is 1.24 bits per heavy atom. The Kier molecular flexibility index (Phi) is 5.19. The van der Waals surface area contributed by atoms with Crippen LogP contribution in [0.15, 0.2) is 35.1 Å². The lowest BCUT2D eigenvalue weighted by Gasteiger charge is -2.19. The van der Waals surface area contributed by atoms with E-state index in [0.29, 0.717) is 23.2 Å². The maximum atomic E-state index is 6.10. The molecule has 4 nitrogen and oxygen atoms in total. The minimum absolute atomic E-state index is 0.0435. The van der Waals surface area contributed by atoms with Crippen LogP contribution in [-0.4, -0.2) is 15.5 Å². The average Bonchev–Trinajstić information content (AvgIpc) is 2.40. The number of aromatic nitrogens is 2. The number of ether oxygens (including phenoxy) is 1. The van der Waals surface area contributed by atoms with Crippen molar-refractivity contribution >= 4 is 27.5 Å². The highest BCUT2D eigenvalue weighted by Crippen LogP contribution is 2.30. The highest BCUT2D eigenvalue weighted by atomic mass is 79.9. The highest BCUT2D eigenvalue weighted by molar-refractivity contribution is 9.10. The number of hydrogen-bond acceptors (Lipinski definition) is 4. The zero-order valence-corrected chi connectivity index (χ0v) is 14.5. The molecule has 0 unspecified atom stereocenters. The van der Waals surface area contributed by atoms with Crippen molar-refractivity contribution in [1.29, 1.82) is 0 Å². The molecule has 0 aliphatic carbocycles.